The molecule has 0 aliphatic rings. The summed E-state index contributed by atoms with van der Waals surface area (Å²) < 4.78 is 13.4. The molecule has 3 aromatic rings. The van der Waals surface area contributed by atoms with Gasteiger partial charge in [0.05, 0.1) is 23.0 Å². The number of amides is 1. The van der Waals surface area contributed by atoms with Gasteiger partial charge < -0.3 is 19.0 Å². The predicted octanol–water partition coefficient (Wildman–Crippen LogP) is 3.08. The molecular formula is C17H18N2O4S. The Kier molecular flexibility index (Phi) is 4.71. The smallest absolute Gasteiger partial charge is 0.355 e. The number of fused-ring (bicyclic) bond motifs is 1. The molecule has 7 heteroatoms. The van der Waals surface area contributed by atoms with Gasteiger partial charge in [0.1, 0.15) is 11.5 Å². The van der Waals surface area contributed by atoms with Gasteiger partial charge in [0.2, 0.25) is 0 Å². The number of esters is 1. The van der Waals surface area contributed by atoms with Crippen molar-refractivity contribution >= 4 is 33.4 Å². The second-order valence-electron chi connectivity index (χ2n) is 5.36. The molecule has 0 fully saturated rings. The number of hydrogen-bond donors (Lipinski definition) is 1. The van der Waals surface area contributed by atoms with E-state index < -0.39 is 12.1 Å². The van der Waals surface area contributed by atoms with E-state index in [0.717, 1.165) is 10.2 Å². The van der Waals surface area contributed by atoms with E-state index in [4.69, 9.17) is 9.15 Å². The van der Waals surface area contributed by atoms with Gasteiger partial charge in [0.25, 0.3) is 5.91 Å². The van der Waals surface area contributed by atoms with Crippen LogP contribution in [-0.4, -0.2) is 22.5 Å². The third-order valence-corrected chi connectivity index (χ3v) is 4.66. The average molecular weight is 346 g/mol. The molecule has 1 atom stereocenters. The minimum absolute atomic E-state index is 0.264. The molecule has 126 valence electrons. The number of nitrogens with one attached hydrogen (secondary N) is 1. The molecular weight excluding hydrogens is 328 g/mol. The maximum absolute atomic E-state index is 12.4. The zero-order chi connectivity index (χ0) is 17.1. The minimum Gasteiger partial charge on any atom is -0.467 e. The van der Waals surface area contributed by atoms with Crippen LogP contribution in [0, 0.1) is 0 Å². The van der Waals surface area contributed by atoms with Crippen molar-refractivity contribution in [1.29, 1.82) is 0 Å². The lowest BCUT2D eigenvalue weighted by molar-refractivity contribution is -0.130. The molecule has 0 bridgehead atoms. The molecule has 0 aliphatic carbocycles. The number of nitrogens with zero attached hydrogens (tertiary/aromatic N) is 1. The van der Waals surface area contributed by atoms with Crippen molar-refractivity contribution in [3.63, 3.8) is 0 Å². The van der Waals surface area contributed by atoms with Crippen LogP contribution < -0.4 is 5.32 Å². The quantitative estimate of drug-likeness (QED) is 0.696. The number of rotatable bonds is 6. The van der Waals surface area contributed by atoms with E-state index in [9.17, 15) is 9.59 Å². The van der Waals surface area contributed by atoms with Crippen molar-refractivity contribution in [2.75, 3.05) is 0 Å². The number of aryl methyl sites for hydroxylation is 1. The van der Waals surface area contributed by atoms with Gasteiger partial charge in [0, 0.05) is 7.05 Å². The number of carbonyl (C=O) groups excluding carboxylic acids is 2. The first kappa shape index (κ1) is 16.3. The van der Waals surface area contributed by atoms with E-state index in [0.29, 0.717) is 17.9 Å². The summed E-state index contributed by atoms with van der Waals surface area (Å²) in [5.41, 5.74) is 1.41. The summed E-state index contributed by atoms with van der Waals surface area (Å²) in [4.78, 5) is 24.6. The van der Waals surface area contributed by atoms with Gasteiger partial charge in [-0.1, -0.05) is 6.92 Å². The molecule has 24 heavy (non-hydrogen) atoms. The van der Waals surface area contributed by atoms with Gasteiger partial charge in [-0.15, -0.1) is 11.3 Å². The zero-order valence-corrected chi connectivity index (χ0v) is 14.3. The monoisotopic (exact) mass is 346 g/mol. The van der Waals surface area contributed by atoms with Crippen LogP contribution in [0.25, 0.3) is 10.2 Å². The Bertz CT molecular complexity index is 847. The molecule has 3 heterocycles. The summed E-state index contributed by atoms with van der Waals surface area (Å²) in [6, 6.07) is 7.25. The first-order chi connectivity index (χ1) is 11.6. The van der Waals surface area contributed by atoms with Crippen molar-refractivity contribution in [3.8, 4) is 0 Å². The van der Waals surface area contributed by atoms with E-state index in [1.165, 1.54) is 0 Å². The largest absolute Gasteiger partial charge is 0.467 e. The lowest BCUT2D eigenvalue weighted by atomic mass is 10.2. The van der Waals surface area contributed by atoms with Crippen molar-refractivity contribution in [3.05, 3.63) is 47.4 Å². The zero-order valence-electron chi connectivity index (χ0n) is 13.4. The van der Waals surface area contributed by atoms with Crippen LogP contribution in [0.3, 0.4) is 0 Å². The van der Waals surface area contributed by atoms with E-state index in [1.807, 2.05) is 18.5 Å². The third kappa shape index (κ3) is 3.21. The highest BCUT2D eigenvalue weighted by Crippen LogP contribution is 2.24. The third-order valence-electron chi connectivity index (χ3n) is 3.80. The molecule has 0 unspecified atom stereocenters. The van der Waals surface area contributed by atoms with Crippen molar-refractivity contribution in [2.45, 2.75) is 26.0 Å². The fraction of sp³-hybridized carbons (Fsp3) is 0.294. The fourth-order valence-electron chi connectivity index (χ4n) is 2.46. The molecule has 6 nitrogen and oxygen atoms in total. The molecule has 1 amide bonds. The Balaban J connectivity index is 1.65. The summed E-state index contributed by atoms with van der Waals surface area (Å²) in [5.74, 6) is -0.189. The standard InChI is InChI=1S/C17H18N2O4S/c1-3-14(16(20)18-10-11-5-4-7-22-11)23-17(21)13-9-15-12(19(13)2)6-8-24-15/h4-9,14H,3,10H2,1-2H3,(H,18,20)/t14-/m1/s1. The second kappa shape index (κ2) is 6.92. The highest BCUT2D eigenvalue weighted by molar-refractivity contribution is 7.17. The number of ether oxygens (including phenoxy) is 1. The molecule has 0 spiro atoms. The molecule has 0 radical (unpaired) electrons. The van der Waals surface area contributed by atoms with Crippen LogP contribution in [0.2, 0.25) is 0 Å². The molecule has 3 aromatic heterocycles. The summed E-state index contributed by atoms with van der Waals surface area (Å²) in [7, 11) is 1.81. The molecule has 0 saturated carbocycles. The minimum atomic E-state index is -0.833. The Morgan fingerprint density at radius 1 is 1.42 bits per heavy atom. The topological polar surface area (TPSA) is 73.5 Å². The van der Waals surface area contributed by atoms with Gasteiger partial charge in [-0.05, 0) is 36.1 Å². The summed E-state index contributed by atoms with van der Waals surface area (Å²) in [5, 5.41) is 4.68. The highest BCUT2D eigenvalue weighted by Gasteiger charge is 2.24. The van der Waals surface area contributed by atoms with Crippen LogP contribution in [-0.2, 0) is 23.1 Å². The van der Waals surface area contributed by atoms with Crippen LogP contribution in [0.4, 0.5) is 0 Å². The highest BCUT2D eigenvalue weighted by atomic mass is 32.1. The number of aromatic nitrogens is 1. The number of hydrogen-bond acceptors (Lipinski definition) is 5. The van der Waals surface area contributed by atoms with E-state index in [1.54, 1.807) is 47.3 Å². The van der Waals surface area contributed by atoms with E-state index in [2.05, 4.69) is 5.32 Å². The van der Waals surface area contributed by atoms with Gasteiger partial charge in [-0.2, -0.15) is 0 Å². The van der Waals surface area contributed by atoms with E-state index in [-0.39, 0.29) is 12.5 Å². The Labute approximate surface area is 143 Å². The van der Waals surface area contributed by atoms with Crippen molar-refractivity contribution in [2.24, 2.45) is 7.05 Å². The maximum Gasteiger partial charge on any atom is 0.355 e. The molecule has 0 aromatic carbocycles. The Morgan fingerprint density at radius 3 is 2.92 bits per heavy atom. The predicted molar refractivity (Wildman–Crippen MR) is 90.8 cm³/mol. The Morgan fingerprint density at radius 2 is 2.25 bits per heavy atom. The number of furan rings is 1. The normalized spacial score (nSPS) is 12.2. The summed E-state index contributed by atoms with van der Waals surface area (Å²) in [6.45, 7) is 2.06. The molecule has 3 rings (SSSR count). The first-order valence-electron chi connectivity index (χ1n) is 7.64. The fourth-order valence-corrected chi connectivity index (χ4v) is 3.31. The van der Waals surface area contributed by atoms with Gasteiger partial charge >= 0.3 is 5.97 Å². The number of carbonyl (C=O) groups is 2. The van der Waals surface area contributed by atoms with Crippen LogP contribution in [0.5, 0.6) is 0 Å². The Hall–Kier alpha value is -2.54. The molecule has 0 aliphatic heterocycles. The lowest BCUT2D eigenvalue weighted by Crippen LogP contribution is -2.37. The van der Waals surface area contributed by atoms with Crippen molar-refractivity contribution < 1.29 is 18.7 Å². The van der Waals surface area contributed by atoms with Crippen molar-refractivity contribution in [1.82, 2.24) is 9.88 Å². The average Bonchev–Trinajstić information content (AvgIpc) is 3.29. The van der Waals surface area contributed by atoms with E-state index >= 15 is 0 Å². The van der Waals surface area contributed by atoms with Crippen LogP contribution in [0.15, 0.2) is 40.3 Å². The second-order valence-corrected chi connectivity index (χ2v) is 6.31. The van der Waals surface area contributed by atoms with Gasteiger partial charge in [-0.25, -0.2) is 4.79 Å². The SMILES string of the molecule is CC[C@@H](OC(=O)c1cc2sccc2n1C)C(=O)NCc1ccco1. The number of thiophene rings is 1. The van der Waals surface area contributed by atoms with Crippen LogP contribution >= 0.6 is 11.3 Å². The van der Waals surface area contributed by atoms with Crippen LogP contribution in [0.1, 0.15) is 29.6 Å². The summed E-state index contributed by atoms with van der Waals surface area (Å²) in [6.07, 6.45) is 1.11. The van der Waals surface area contributed by atoms with Gasteiger partial charge in [0.15, 0.2) is 6.10 Å². The van der Waals surface area contributed by atoms with Gasteiger partial charge in [-0.3, -0.25) is 4.79 Å². The summed E-state index contributed by atoms with van der Waals surface area (Å²) >= 11 is 1.56. The maximum atomic E-state index is 12.4. The molecule has 0 saturated heterocycles. The first-order valence-corrected chi connectivity index (χ1v) is 8.52. The molecule has 1 N–H and O–H groups in total. The lowest BCUT2D eigenvalue weighted by Gasteiger charge is -2.16.